The summed E-state index contributed by atoms with van der Waals surface area (Å²) in [5.41, 5.74) is 3.40. The van der Waals surface area contributed by atoms with Crippen LogP contribution in [0.4, 0.5) is 5.82 Å². The zero-order valence-corrected chi connectivity index (χ0v) is 17.5. The van der Waals surface area contributed by atoms with Gasteiger partial charge in [-0.25, -0.2) is 15.8 Å². The second-order valence-electron chi connectivity index (χ2n) is 7.01. The van der Waals surface area contributed by atoms with Crippen LogP contribution in [0.1, 0.15) is 25.0 Å². The zero-order chi connectivity index (χ0) is 20.6. The van der Waals surface area contributed by atoms with Gasteiger partial charge in [0.25, 0.3) is 0 Å². The minimum absolute atomic E-state index is 0. The van der Waals surface area contributed by atoms with Crippen molar-refractivity contribution in [2.24, 2.45) is 5.84 Å². The van der Waals surface area contributed by atoms with E-state index >= 15 is 0 Å². The zero-order valence-electron chi connectivity index (χ0n) is 16.7. The summed E-state index contributed by atoms with van der Waals surface area (Å²) in [6.07, 6.45) is 2.20. The van der Waals surface area contributed by atoms with Crippen LogP contribution in [0.3, 0.4) is 0 Å². The Bertz CT molecular complexity index is 811. The van der Waals surface area contributed by atoms with E-state index in [1.54, 1.807) is 12.1 Å². The van der Waals surface area contributed by atoms with Crippen LogP contribution in [0.15, 0.2) is 30.6 Å². The van der Waals surface area contributed by atoms with Crippen molar-refractivity contribution >= 4 is 18.2 Å². The summed E-state index contributed by atoms with van der Waals surface area (Å²) in [6, 6.07) is 7.41. The number of nitrogens with zero attached hydrogens (tertiary/aromatic N) is 3. The van der Waals surface area contributed by atoms with Crippen LogP contribution in [-0.4, -0.2) is 46.5 Å². The second kappa shape index (κ2) is 11.4. The van der Waals surface area contributed by atoms with Gasteiger partial charge in [0.05, 0.1) is 18.0 Å². The fourth-order valence-corrected chi connectivity index (χ4v) is 2.25. The van der Waals surface area contributed by atoms with Crippen LogP contribution in [0.2, 0.25) is 0 Å². The molecule has 1 heterocycles. The summed E-state index contributed by atoms with van der Waals surface area (Å²) < 4.78 is 11.2. The normalized spacial score (nSPS) is 11.7. The van der Waals surface area contributed by atoms with Crippen LogP contribution in [0, 0.1) is 18.3 Å². The molecule has 158 valence electrons. The van der Waals surface area contributed by atoms with E-state index in [0.29, 0.717) is 36.2 Å². The van der Waals surface area contributed by atoms with Gasteiger partial charge in [0.2, 0.25) is 5.88 Å². The van der Waals surface area contributed by atoms with Gasteiger partial charge in [-0.3, -0.25) is 0 Å². The van der Waals surface area contributed by atoms with Crippen LogP contribution in [0.5, 0.6) is 11.6 Å². The fraction of sp³-hybridized carbons (Fsp3) is 0.421. The molecular weight excluding hydrogens is 396 g/mol. The maximum atomic E-state index is 10.2. The standard InChI is InChI=1S/C19H26N6O3.ClH/c1-13-4-5-14(7-20)16(6-13)27-11-15(26)8-24-19(2,3)12-28-18-10-22-17(25-21)9-23-18;/h4-6,9-10,15,24,26H,8,11-12,21H2,1-3H3,(H,22,25);1H. The molecule has 0 spiro atoms. The van der Waals surface area contributed by atoms with Crippen molar-refractivity contribution in [2.45, 2.75) is 32.4 Å². The maximum Gasteiger partial charge on any atom is 0.232 e. The lowest BCUT2D eigenvalue weighted by atomic mass is 10.1. The van der Waals surface area contributed by atoms with E-state index in [2.05, 4.69) is 26.8 Å². The van der Waals surface area contributed by atoms with Crippen molar-refractivity contribution < 1.29 is 14.6 Å². The van der Waals surface area contributed by atoms with Gasteiger partial charge >= 0.3 is 0 Å². The van der Waals surface area contributed by atoms with E-state index in [0.717, 1.165) is 5.56 Å². The number of nitriles is 1. The van der Waals surface area contributed by atoms with Crippen LogP contribution < -0.4 is 26.1 Å². The van der Waals surface area contributed by atoms with Gasteiger partial charge in [-0.2, -0.15) is 5.26 Å². The van der Waals surface area contributed by atoms with E-state index in [1.807, 2.05) is 26.8 Å². The van der Waals surface area contributed by atoms with Gasteiger partial charge in [0.1, 0.15) is 31.1 Å². The largest absolute Gasteiger partial charge is 0.489 e. The molecule has 0 fully saturated rings. The quantitative estimate of drug-likeness (QED) is 0.331. The Kier molecular flexibility index (Phi) is 9.58. The number of ether oxygens (including phenoxy) is 2. The number of hydrogen-bond acceptors (Lipinski definition) is 9. The first-order chi connectivity index (χ1) is 13.3. The molecule has 0 saturated heterocycles. The average molecular weight is 423 g/mol. The predicted octanol–water partition coefficient (Wildman–Crippen LogP) is 1.55. The molecule has 0 aliphatic carbocycles. The number of aliphatic hydroxyl groups excluding tert-OH is 1. The lowest BCUT2D eigenvalue weighted by Gasteiger charge is -2.27. The molecular formula is C19H27ClN6O3. The number of nitrogens with two attached hydrogens (primary N) is 1. The number of halogens is 1. The van der Waals surface area contributed by atoms with Crippen LogP contribution in [-0.2, 0) is 0 Å². The number of rotatable bonds is 10. The van der Waals surface area contributed by atoms with E-state index in [-0.39, 0.29) is 19.0 Å². The van der Waals surface area contributed by atoms with Crippen molar-refractivity contribution in [1.29, 1.82) is 5.26 Å². The number of hydrazine groups is 1. The number of nitrogen functional groups attached to an aromatic ring is 1. The first kappa shape index (κ1) is 24.4. The molecule has 0 aliphatic heterocycles. The average Bonchev–Trinajstić information content (AvgIpc) is 2.70. The maximum absolute atomic E-state index is 10.2. The van der Waals surface area contributed by atoms with E-state index in [1.165, 1.54) is 12.4 Å². The number of anilines is 1. The molecule has 2 aromatic rings. The molecule has 29 heavy (non-hydrogen) atoms. The molecule has 10 heteroatoms. The van der Waals surface area contributed by atoms with Gasteiger partial charge in [-0.05, 0) is 38.5 Å². The Morgan fingerprint density at radius 2 is 2.03 bits per heavy atom. The number of benzene rings is 1. The summed E-state index contributed by atoms with van der Waals surface area (Å²) in [7, 11) is 0. The highest BCUT2D eigenvalue weighted by atomic mass is 35.5. The lowest BCUT2D eigenvalue weighted by molar-refractivity contribution is 0.0922. The third-order valence-corrected chi connectivity index (χ3v) is 3.86. The van der Waals surface area contributed by atoms with Gasteiger partial charge in [-0.15, -0.1) is 12.4 Å². The molecule has 1 atom stereocenters. The SMILES string of the molecule is Cc1ccc(C#N)c(OCC(O)CNC(C)(C)COc2cnc(NN)cn2)c1.Cl. The number of aliphatic hydroxyl groups is 1. The first-order valence-corrected chi connectivity index (χ1v) is 8.81. The van der Waals surface area contributed by atoms with E-state index < -0.39 is 11.6 Å². The monoisotopic (exact) mass is 422 g/mol. The Labute approximate surface area is 176 Å². The molecule has 1 aromatic heterocycles. The van der Waals surface area contributed by atoms with Gasteiger partial charge < -0.3 is 25.3 Å². The Balaban J connectivity index is 0.00000420. The molecule has 9 nitrogen and oxygen atoms in total. The van der Waals surface area contributed by atoms with Crippen molar-refractivity contribution in [3.63, 3.8) is 0 Å². The number of β-amino-alcohol motifs (C(OH)–C–C–N with tert-alkyl or cyclic N) is 1. The van der Waals surface area contributed by atoms with Crippen molar-refractivity contribution in [1.82, 2.24) is 15.3 Å². The van der Waals surface area contributed by atoms with Gasteiger partial charge in [0, 0.05) is 12.1 Å². The molecule has 2 rings (SSSR count). The minimum atomic E-state index is -0.749. The summed E-state index contributed by atoms with van der Waals surface area (Å²) in [6.45, 7) is 6.49. The molecule has 1 aromatic carbocycles. The van der Waals surface area contributed by atoms with E-state index in [4.69, 9.17) is 20.6 Å². The highest BCUT2D eigenvalue weighted by molar-refractivity contribution is 5.85. The van der Waals surface area contributed by atoms with Crippen molar-refractivity contribution in [2.75, 3.05) is 25.2 Å². The molecule has 0 bridgehead atoms. The lowest BCUT2D eigenvalue weighted by Crippen LogP contribution is -2.48. The molecule has 0 amide bonds. The highest BCUT2D eigenvalue weighted by Gasteiger charge is 2.20. The Morgan fingerprint density at radius 3 is 2.66 bits per heavy atom. The Morgan fingerprint density at radius 1 is 1.28 bits per heavy atom. The number of nitrogens with one attached hydrogen (secondary N) is 2. The third-order valence-electron chi connectivity index (χ3n) is 3.86. The number of aryl methyl sites for hydroxylation is 1. The summed E-state index contributed by atoms with van der Waals surface area (Å²) in [4.78, 5) is 8.11. The van der Waals surface area contributed by atoms with Crippen LogP contribution >= 0.6 is 12.4 Å². The number of hydrogen-bond donors (Lipinski definition) is 4. The number of aromatic nitrogens is 2. The molecule has 0 radical (unpaired) electrons. The molecule has 1 unspecified atom stereocenters. The van der Waals surface area contributed by atoms with Gasteiger partial charge in [-0.1, -0.05) is 6.07 Å². The second-order valence-corrected chi connectivity index (χ2v) is 7.01. The topological polar surface area (TPSA) is 138 Å². The smallest absolute Gasteiger partial charge is 0.232 e. The Hall–Kier alpha value is -2.64. The predicted molar refractivity (Wildman–Crippen MR) is 112 cm³/mol. The highest BCUT2D eigenvalue weighted by Crippen LogP contribution is 2.19. The molecule has 0 aliphatic rings. The van der Waals surface area contributed by atoms with Crippen molar-refractivity contribution in [3.8, 4) is 17.7 Å². The molecule has 5 N–H and O–H groups in total. The summed E-state index contributed by atoms with van der Waals surface area (Å²) >= 11 is 0. The fourth-order valence-electron chi connectivity index (χ4n) is 2.25. The van der Waals surface area contributed by atoms with Crippen molar-refractivity contribution in [3.05, 3.63) is 41.7 Å². The third kappa shape index (κ3) is 8.09. The summed E-state index contributed by atoms with van der Waals surface area (Å²) in [5.74, 6) is 6.54. The minimum Gasteiger partial charge on any atom is -0.489 e. The molecule has 0 saturated carbocycles. The summed E-state index contributed by atoms with van der Waals surface area (Å²) in [5, 5.41) is 22.6. The van der Waals surface area contributed by atoms with E-state index in [9.17, 15) is 5.11 Å². The first-order valence-electron chi connectivity index (χ1n) is 8.81. The van der Waals surface area contributed by atoms with Gasteiger partial charge in [0.15, 0.2) is 5.82 Å². The van der Waals surface area contributed by atoms with Crippen LogP contribution in [0.25, 0.3) is 0 Å².